The summed E-state index contributed by atoms with van der Waals surface area (Å²) in [7, 11) is 0. The average Bonchev–Trinajstić information content (AvgIpc) is 2.64. The Morgan fingerprint density at radius 1 is 1.29 bits per heavy atom. The molecule has 0 aliphatic rings. The number of carbonyl (C=O) groups excluding carboxylic acids is 3. The largest absolute Gasteiger partial charge is 0.449 e. The van der Waals surface area contributed by atoms with E-state index in [9.17, 15) is 14.4 Å². The molecule has 0 saturated carbocycles. The molecular weight excluding hydrogens is 292 g/mol. The number of rotatable bonds is 5. The van der Waals surface area contributed by atoms with Crippen LogP contribution < -0.4 is 10.6 Å². The summed E-state index contributed by atoms with van der Waals surface area (Å²) >= 11 is 1.31. The third kappa shape index (κ3) is 4.29. The lowest BCUT2D eigenvalue weighted by molar-refractivity contribution is -0.129. The number of hydrogen-bond acceptors (Lipinski definition) is 5. The molecule has 0 spiro atoms. The van der Waals surface area contributed by atoms with Gasteiger partial charge in [0.05, 0.1) is 5.56 Å². The van der Waals surface area contributed by atoms with Crippen LogP contribution in [-0.2, 0) is 14.3 Å². The second-order valence-electron chi connectivity index (χ2n) is 4.61. The number of carbonyl (C=O) groups is 3. The van der Waals surface area contributed by atoms with Crippen LogP contribution >= 0.6 is 11.3 Å². The highest BCUT2D eigenvalue weighted by Gasteiger charge is 2.25. The van der Waals surface area contributed by atoms with Crippen LogP contribution in [0.5, 0.6) is 0 Å². The van der Waals surface area contributed by atoms with Crippen molar-refractivity contribution in [3.05, 3.63) is 16.0 Å². The second kappa shape index (κ2) is 7.21. The Labute approximate surface area is 127 Å². The molecule has 1 rings (SSSR count). The van der Waals surface area contributed by atoms with Gasteiger partial charge in [0.1, 0.15) is 5.00 Å². The molecule has 0 fully saturated rings. The van der Waals surface area contributed by atoms with Crippen LogP contribution in [0.25, 0.3) is 0 Å². The van der Waals surface area contributed by atoms with Crippen LogP contribution in [0.4, 0.5) is 5.00 Å². The number of anilines is 1. The molecule has 0 aliphatic heterocycles. The van der Waals surface area contributed by atoms with Gasteiger partial charge in [-0.3, -0.25) is 9.59 Å². The second-order valence-corrected chi connectivity index (χ2v) is 5.84. The Balaban J connectivity index is 2.96. The van der Waals surface area contributed by atoms with E-state index >= 15 is 0 Å². The minimum absolute atomic E-state index is 0.262. The minimum atomic E-state index is -0.887. The molecule has 1 atom stereocenters. The molecule has 0 bridgehead atoms. The molecule has 2 N–H and O–H groups in total. The summed E-state index contributed by atoms with van der Waals surface area (Å²) in [5.41, 5.74) is 1.06. The van der Waals surface area contributed by atoms with Crippen molar-refractivity contribution in [3.63, 3.8) is 0 Å². The van der Waals surface area contributed by atoms with Crippen molar-refractivity contribution in [2.24, 2.45) is 0 Å². The Morgan fingerprint density at radius 2 is 1.90 bits per heavy atom. The summed E-state index contributed by atoms with van der Waals surface area (Å²) in [4.78, 5) is 36.0. The normalized spacial score (nSPS) is 11.7. The molecule has 6 nitrogen and oxygen atoms in total. The smallest absolute Gasteiger partial charge is 0.342 e. The van der Waals surface area contributed by atoms with Crippen molar-refractivity contribution in [2.75, 3.05) is 11.9 Å². The quantitative estimate of drug-likeness (QED) is 0.815. The standard InChI is InChI=1S/C14H20N2O4S/c1-6-15-12(18)8(3)20-14(19)11-7(2)9(4)21-13(11)16-10(5)17/h8H,6H2,1-5H3,(H,15,18)(H,16,17)/t8-/m1/s1. The summed E-state index contributed by atoms with van der Waals surface area (Å²) in [6.45, 7) is 8.77. The predicted octanol–water partition coefficient (Wildman–Crippen LogP) is 2.00. The molecule has 0 saturated heterocycles. The van der Waals surface area contributed by atoms with E-state index in [0.29, 0.717) is 17.1 Å². The first-order valence-corrected chi connectivity index (χ1v) is 7.45. The average molecular weight is 312 g/mol. The third-order valence-electron chi connectivity index (χ3n) is 2.88. The number of hydrogen-bond donors (Lipinski definition) is 2. The van der Waals surface area contributed by atoms with Crippen molar-refractivity contribution in [3.8, 4) is 0 Å². The number of nitrogens with one attached hydrogen (secondary N) is 2. The zero-order valence-corrected chi connectivity index (χ0v) is 13.6. The van der Waals surface area contributed by atoms with Crippen molar-refractivity contribution in [1.82, 2.24) is 5.32 Å². The van der Waals surface area contributed by atoms with Gasteiger partial charge in [-0.2, -0.15) is 0 Å². The summed E-state index contributed by atoms with van der Waals surface area (Å²) in [5.74, 6) is -1.22. The molecule has 0 aliphatic carbocycles. The number of amides is 2. The van der Waals surface area contributed by atoms with Crippen molar-refractivity contribution in [1.29, 1.82) is 0 Å². The zero-order valence-electron chi connectivity index (χ0n) is 12.8. The van der Waals surface area contributed by atoms with E-state index in [0.717, 1.165) is 10.4 Å². The fourth-order valence-corrected chi connectivity index (χ4v) is 2.81. The molecule has 21 heavy (non-hydrogen) atoms. The number of thiophene rings is 1. The van der Waals surface area contributed by atoms with Crippen LogP contribution in [-0.4, -0.2) is 30.4 Å². The maximum absolute atomic E-state index is 12.3. The van der Waals surface area contributed by atoms with Crippen LogP contribution in [0.2, 0.25) is 0 Å². The van der Waals surface area contributed by atoms with E-state index in [4.69, 9.17) is 4.74 Å². The molecule has 7 heteroatoms. The van der Waals surface area contributed by atoms with Gasteiger partial charge >= 0.3 is 5.97 Å². The lowest BCUT2D eigenvalue weighted by atomic mass is 10.1. The van der Waals surface area contributed by atoms with Gasteiger partial charge in [-0.1, -0.05) is 0 Å². The number of ether oxygens (including phenoxy) is 1. The van der Waals surface area contributed by atoms with E-state index < -0.39 is 12.1 Å². The molecule has 1 aromatic heterocycles. The Kier molecular flexibility index (Phi) is 5.90. The minimum Gasteiger partial charge on any atom is -0.449 e. The molecule has 0 aromatic carbocycles. The van der Waals surface area contributed by atoms with Crippen LogP contribution in [0.3, 0.4) is 0 Å². The fourth-order valence-electron chi connectivity index (χ4n) is 1.71. The van der Waals surface area contributed by atoms with Gasteiger partial charge in [0.2, 0.25) is 5.91 Å². The van der Waals surface area contributed by atoms with Gasteiger partial charge < -0.3 is 15.4 Å². The Morgan fingerprint density at radius 3 is 2.43 bits per heavy atom. The maximum atomic E-state index is 12.3. The van der Waals surface area contributed by atoms with Crippen molar-refractivity contribution >= 4 is 34.1 Å². The molecule has 116 valence electrons. The summed E-state index contributed by atoms with van der Waals surface area (Å²) < 4.78 is 5.17. The first kappa shape index (κ1) is 17.2. The van der Waals surface area contributed by atoms with Gasteiger partial charge in [-0.15, -0.1) is 11.3 Å². The monoisotopic (exact) mass is 312 g/mol. The topological polar surface area (TPSA) is 84.5 Å². The highest BCUT2D eigenvalue weighted by Crippen LogP contribution is 2.33. The molecule has 0 radical (unpaired) electrons. The lowest BCUT2D eigenvalue weighted by Crippen LogP contribution is -2.35. The SMILES string of the molecule is CCNC(=O)[C@@H](C)OC(=O)c1c(NC(C)=O)sc(C)c1C. The van der Waals surface area contributed by atoms with E-state index in [-0.39, 0.29) is 11.8 Å². The maximum Gasteiger partial charge on any atom is 0.342 e. The van der Waals surface area contributed by atoms with Crippen LogP contribution in [0, 0.1) is 13.8 Å². The Bertz CT molecular complexity index is 566. The highest BCUT2D eigenvalue weighted by molar-refractivity contribution is 7.16. The van der Waals surface area contributed by atoms with Gasteiger partial charge in [0.25, 0.3) is 5.91 Å². The van der Waals surface area contributed by atoms with Crippen molar-refractivity contribution < 1.29 is 19.1 Å². The first-order chi connectivity index (χ1) is 9.77. The lowest BCUT2D eigenvalue weighted by Gasteiger charge is -2.13. The Hall–Kier alpha value is -1.89. The van der Waals surface area contributed by atoms with Gasteiger partial charge in [-0.25, -0.2) is 4.79 Å². The number of likely N-dealkylation sites (N-methyl/N-ethyl adjacent to an activating group) is 1. The molecule has 1 heterocycles. The fraction of sp³-hybridized carbons (Fsp3) is 0.500. The molecular formula is C14H20N2O4S. The predicted molar refractivity (Wildman–Crippen MR) is 81.7 cm³/mol. The van der Waals surface area contributed by atoms with Crippen LogP contribution in [0.15, 0.2) is 0 Å². The van der Waals surface area contributed by atoms with Crippen LogP contribution in [0.1, 0.15) is 41.6 Å². The first-order valence-electron chi connectivity index (χ1n) is 6.64. The van der Waals surface area contributed by atoms with E-state index in [1.54, 1.807) is 13.8 Å². The number of aryl methyl sites for hydroxylation is 1. The summed E-state index contributed by atoms with van der Waals surface area (Å²) in [6, 6.07) is 0. The molecule has 1 aromatic rings. The van der Waals surface area contributed by atoms with Gasteiger partial charge in [0.15, 0.2) is 6.10 Å². The third-order valence-corrected chi connectivity index (χ3v) is 4.01. The zero-order chi connectivity index (χ0) is 16.2. The van der Waals surface area contributed by atoms with Crippen molar-refractivity contribution in [2.45, 2.75) is 40.7 Å². The van der Waals surface area contributed by atoms with Gasteiger partial charge in [-0.05, 0) is 33.3 Å². The van der Waals surface area contributed by atoms with Gasteiger partial charge in [0, 0.05) is 18.3 Å². The van der Waals surface area contributed by atoms with E-state index in [1.165, 1.54) is 25.2 Å². The summed E-state index contributed by atoms with van der Waals surface area (Å²) in [5, 5.41) is 5.66. The highest BCUT2D eigenvalue weighted by atomic mass is 32.1. The molecule has 2 amide bonds. The molecule has 0 unspecified atom stereocenters. The number of esters is 1. The summed E-state index contributed by atoms with van der Waals surface area (Å²) in [6.07, 6.45) is -0.887. The van der Waals surface area contributed by atoms with E-state index in [2.05, 4.69) is 10.6 Å². The van der Waals surface area contributed by atoms with E-state index in [1.807, 2.05) is 6.92 Å².